The zero-order valence-corrected chi connectivity index (χ0v) is 11.6. The van der Waals surface area contributed by atoms with Crippen LogP contribution in [0.1, 0.15) is 24.2 Å². The largest absolute Gasteiger partial charge is 0.480 e. The molecule has 4 nitrogen and oxygen atoms in total. The summed E-state index contributed by atoms with van der Waals surface area (Å²) >= 11 is 7.36. The first-order valence-electron chi connectivity index (χ1n) is 5.41. The van der Waals surface area contributed by atoms with E-state index in [1.807, 2.05) is 6.92 Å². The average Bonchev–Trinajstić information content (AvgIpc) is 2.31. The number of aliphatic carboxylic acids is 1. The molecule has 0 unspecified atom stereocenters. The summed E-state index contributed by atoms with van der Waals surface area (Å²) in [5.74, 6) is -0.686. The Bertz CT molecular complexity index is 465. The van der Waals surface area contributed by atoms with Crippen LogP contribution in [0.15, 0.2) is 23.1 Å². The topological polar surface area (TPSA) is 66.4 Å². The monoisotopic (exact) mass is 287 g/mol. The van der Waals surface area contributed by atoms with Gasteiger partial charge < -0.3 is 10.4 Å². The normalized spacial score (nSPS) is 11.9. The highest BCUT2D eigenvalue weighted by Crippen LogP contribution is 2.25. The van der Waals surface area contributed by atoms with Crippen molar-refractivity contribution in [3.05, 3.63) is 28.8 Å². The van der Waals surface area contributed by atoms with Crippen LogP contribution in [0, 0.1) is 0 Å². The Hall–Kier alpha value is -1.20. The lowest BCUT2D eigenvalue weighted by molar-refractivity contribution is -0.138. The van der Waals surface area contributed by atoms with E-state index < -0.39 is 17.9 Å². The van der Waals surface area contributed by atoms with Crippen LogP contribution in [0.5, 0.6) is 0 Å². The molecule has 1 aromatic carbocycles. The summed E-state index contributed by atoms with van der Waals surface area (Å²) in [5.41, 5.74) is 0.405. The van der Waals surface area contributed by atoms with Crippen LogP contribution >= 0.6 is 23.4 Å². The number of thioether (sulfide) groups is 1. The van der Waals surface area contributed by atoms with Crippen LogP contribution in [0.3, 0.4) is 0 Å². The third-order valence-electron chi connectivity index (χ3n) is 2.20. The van der Waals surface area contributed by atoms with Crippen molar-refractivity contribution in [2.45, 2.75) is 24.8 Å². The first-order chi connectivity index (χ1) is 8.45. The van der Waals surface area contributed by atoms with Crippen molar-refractivity contribution in [2.75, 3.05) is 5.75 Å². The van der Waals surface area contributed by atoms with Gasteiger partial charge >= 0.3 is 5.97 Å². The van der Waals surface area contributed by atoms with Crippen molar-refractivity contribution in [1.82, 2.24) is 5.32 Å². The van der Waals surface area contributed by atoms with E-state index in [0.717, 1.165) is 10.6 Å². The van der Waals surface area contributed by atoms with E-state index in [4.69, 9.17) is 16.7 Å². The summed E-state index contributed by atoms with van der Waals surface area (Å²) in [6.45, 7) is 3.39. The van der Waals surface area contributed by atoms with Gasteiger partial charge in [0.05, 0.1) is 5.56 Å². The van der Waals surface area contributed by atoms with E-state index in [-0.39, 0.29) is 0 Å². The Balaban J connectivity index is 2.96. The fraction of sp³-hybridized carbons (Fsp3) is 0.333. The zero-order chi connectivity index (χ0) is 13.7. The van der Waals surface area contributed by atoms with Gasteiger partial charge in [0.1, 0.15) is 6.04 Å². The Kier molecular flexibility index (Phi) is 5.50. The van der Waals surface area contributed by atoms with Gasteiger partial charge in [-0.3, -0.25) is 9.59 Å². The Morgan fingerprint density at radius 1 is 1.50 bits per heavy atom. The van der Waals surface area contributed by atoms with E-state index in [9.17, 15) is 9.59 Å². The van der Waals surface area contributed by atoms with Gasteiger partial charge in [0.15, 0.2) is 0 Å². The van der Waals surface area contributed by atoms with E-state index in [2.05, 4.69) is 5.32 Å². The first-order valence-corrected chi connectivity index (χ1v) is 6.78. The van der Waals surface area contributed by atoms with Crippen LogP contribution in [-0.2, 0) is 4.79 Å². The molecule has 1 aromatic rings. The van der Waals surface area contributed by atoms with Crippen LogP contribution in [0.2, 0.25) is 5.02 Å². The number of benzene rings is 1. The first kappa shape index (κ1) is 14.9. The van der Waals surface area contributed by atoms with Crippen molar-refractivity contribution >= 4 is 35.2 Å². The number of amides is 1. The van der Waals surface area contributed by atoms with Gasteiger partial charge in [-0.05, 0) is 30.9 Å². The average molecular weight is 288 g/mol. The minimum absolute atomic E-state index is 0.405. The maximum absolute atomic E-state index is 12.0. The zero-order valence-electron chi connectivity index (χ0n) is 10.1. The molecule has 0 radical (unpaired) electrons. The molecule has 1 atom stereocenters. The number of carboxylic acids is 1. The van der Waals surface area contributed by atoms with Gasteiger partial charge in [0.2, 0.25) is 0 Å². The van der Waals surface area contributed by atoms with Gasteiger partial charge in [-0.2, -0.15) is 0 Å². The summed E-state index contributed by atoms with van der Waals surface area (Å²) in [6, 6.07) is 4.08. The fourth-order valence-corrected chi connectivity index (χ4v) is 2.25. The highest BCUT2D eigenvalue weighted by molar-refractivity contribution is 7.99. The van der Waals surface area contributed by atoms with Crippen molar-refractivity contribution in [3.63, 3.8) is 0 Å². The predicted octanol–water partition coefficient (Wildman–Crippen LogP) is 2.65. The van der Waals surface area contributed by atoms with Crippen molar-refractivity contribution < 1.29 is 14.7 Å². The molecule has 0 aliphatic heterocycles. The SMILES string of the molecule is CCSc1ccc(Cl)cc1C(=O)N[C@H](C)C(=O)O. The lowest BCUT2D eigenvalue weighted by Gasteiger charge is -2.12. The van der Waals surface area contributed by atoms with E-state index in [0.29, 0.717) is 10.6 Å². The smallest absolute Gasteiger partial charge is 0.325 e. The van der Waals surface area contributed by atoms with Gasteiger partial charge in [-0.25, -0.2) is 0 Å². The lowest BCUT2D eigenvalue weighted by Crippen LogP contribution is -2.38. The molecular weight excluding hydrogens is 274 g/mol. The van der Waals surface area contributed by atoms with Gasteiger partial charge in [0.25, 0.3) is 5.91 Å². The molecule has 98 valence electrons. The van der Waals surface area contributed by atoms with E-state index >= 15 is 0 Å². The lowest BCUT2D eigenvalue weighted by atomic mass is 10.2. The number of carbonyl (C=O) groups is 2. The molecule has 0 saturated heterocycles. The second kappa shape index (κ2) is 6.66. The molecule has 1 amide bonds. The summed E-state index contributed by atoms with van der Waals surface area (Å²) in [4.78, 5) is 23.4. The van der Waals surface area contributed by atoms with Crippen molar-refractivity contribution in [3.8, 4) is 0 Å². The number of rotatable bonds is 5. The number of halogens is 1. The molecule has 0 bridgehead atoms. The molecule has 6 heteroatoms. The summed E-state index contributed by atoms with van der Waals surface area (Å²) < 4.78 is 0. The Morgan fingerprint density at radius 3 is 2.72 bits per heavy atom. The van der Waals surface area contributed by atoms with Crippen molar-refractivity contribution in [1.29, 1.82) is 0 Å². The highest BCUT2D eigenvalue weighted by Gasteiger charge is 2.18. The second-order valence-corrected chi connectivity index (χ2v) is 5.35. The molecular formula is C12H14ClNO3S. The molecule has 0 aliphatic carbocycles. The third kappa shape index (κ3) is 3.92. The molecule has 18 heavy (non-hydrogen) atoms. The summed E-state index contributed by atoms with van der Waals surface area (Å²) in [7, 11) is 0. The van der Waals surface area contributed by atoms with Gasteiger partial charge in [0, 0.05) is 9.92 Å². The fourth-order valence-electron chi connectivity index (χ4n) is 1.30. The summed E-state index contributed by atoms with van der Waals surface area (Å²) in [5, 5.41) is 11.6. The number of carbonyl (C=O) groups excluding carboxylic acids is 1. The molecule has 2 N–H and O–H groups in total. The Labute approximate surface area is 115 Å². The minimum atomic E-state index is -1.07. The standard InChI is InChI=1S/C12H14ClNO3S/c1-3-18-10-5-4-8(13)6-9(10)11(15)14-7(2)12(16)17/h4-7H,3H2,1-2H3,(H,14,15)(H,16,17)/t7-/m1/s1. The van der Waals surface area contributed by atoms with Gasteiger partial charge in [-0.1, -0.05) is 18.5 Å². The number of carboxylic acid groups (broad SMARTS) is 1. The number of hydrogen-bond acceptors (Lipinski definition) is 3. The predicted molar refractivity (Wildman–Crippen MR) is 72.4 cm³/mol. The molecule has 0 aromatic heterocycles. The third-order valence-corrected chi connectivity index (χ3v) is 3.39. The van der Waals surface area contributed by atoms with Crippen LogP contribution < -0.4 is 5.32 Å². The van der Waals surface area contributed by atoms with E-state index in [1.165, 1.54) is 18.7 Å². The summed E-state index contributed by atoms with van der Waals surface area (Å²) in [6.07, 6.45) is 0. The van der Waals surface area contributed by atoms with Crippen LogP contribution in [0.25, 0.3) is 0 Å². The van der Waals surface area contributed by atoms with Gasteiger partial charge in [-0.15, -0.1) is 11.8 Å². The molecule has 0 saturated carbocycles. The quantitative estimate of drug-likeness (QED) is 0.817. The molecule has 0 aliphatic rings. The maximum Gasteiger partial charge on any atom is 0.325 e. The molecule has 1 rings (SSSR count). The second-order valence-electron chi connectivity index (χ2n) is 3.61. The van der Waals surface area contributed by atoms with Crippen LogP contribution in [0.4, 0.5) is 0 Å². The van der Waals surface area contributed by atoms with E-state index in [1.54, 1.807) is 18.2 Å². The van der Waals surface area contributed by atoms with Crippen molar-refractivity contribution in [2.24, 2.45) is 0 Å². The highest BCUT2D eigenvalue weighted by atomic mass is 35.5. The molecule has 0 spiro atoms. The number of hydrogen-bond donors (Lipinski definition) is 2. The molecule has 0 fully saturated rings. The van der Waals surface area contributed by atoms with Crippen LogP contribution in [-0.4, -0.2) is 28.8 Å². The number of nitrogens with one attached hydrogen (secondary N) is 1. The minimum Gasteiger partial charge on any atom is -0.480 e. The molecule has 0 heterocycles. The maximum atomic E-state index is 12.0. The Morgan fingerprint density at radius 2 is 2.17 bits per heavy atom.